The molecule has 0 aliphatic carbocycles. The summed E-state index contributed by atoms with van der Waals surface area (Å²) in [4.78, 5) is 20.4. The molecule has 8 nitrogen and oxygen atoms in total. The lowest BCUT2D eigenvalue weighted by molar-refractivity contribution is 1.05. The zero-order valence-electron chi connectivity index (χ0n) is 30.2. The summed E-state index contributed by atoms with van der Waals surface area (Å²) in [6, 6.07) is 49.6. The van der Waals surface area contributed by atoms with E-state index in [0.29, 0.717) is 0 Å². The molecule has 2 aliphatic heterocycles. The Morgan fingerprint density at radius 1 is 0.421 bits per heavy atom. The maximum atomic E-state index is 5.22. The smallest absolute Gasteiger partial charge is 0.252 e. The number of pyridine rings is 4. The van der Waals surface area contributed by atoms with Crippen LogP contribution in [0.3, 0.4) is 0 Å². The van der Waals surface area contributed by atoms with Gasteiger partial charge >= 0.3 is 0 Å². The highest BCUT2D eigenvalue weighted by Crippen LogP contribution is 2.45. The van der Waals surface area contributed by atoms with Crippen molar-refractivity contribution in [2.45, 2.75) is 0 Å². The predicted octanol–water partition coefficient (Wildman–Crippen LogP) is 8.16. The van der Waals surface area contributed by atoms with Crippen LogP contribution in [0.25, 0.3) is 100 Å². The maximum absolute atomic E-state index is 5.22. The van der Waals surface area contributed by atoms with Crippen LogP contribution in [0, 0.1) is 0 Å². The van der Waals surface area contributed by atoms with E-state index in [1.54, 1.807) is 0 Å². The number of hydrogen-bond donors (Lipinski definition) is 0. The van der Waals surface area contributed by atoms with Crippen LogP contribution in [0.5, 0.6) is 0 Å². The van der Waals surface area contributed by atoms with E-state index in [-0.39, 0.29) is 6.71 Å². The maximum Gasteiger partial charge on any atom is 0.252 e. The van der Waals surface area contributed by atoms with Crippen molar-refractivity contribution in [3.63, 3.8) is 0 Å². The fourth-order valence-corrected chi connectivity index (χ4v) is 10.2. The molecule has 0 unspecified atom stereocenters. The van der Waals surface area contributed by atoms with E-state index in [4.69, 9.17) is 19.9 Å². The largest absolute Gasteiger partial charge is 0.295 e. The van der Waals surface area contributed by atoms with Crippen LogP contribution in [0.15, 0.2) is 164 Å². The van der Waals surface area contributed by atoms with E-state index >= 15 is 0 Å². The lowest BCUT2D eigenvalue weighted by Gasteiger charge is -2.34. The molecule has 10 heterocycles. The van der Waals surface area contributed by atoms with E-state index in [1.165, 1.54) is 21.8 Å². The molecular formula is C48H27BN8. The van der Waals surface area contributed by atoms with E-state index in [9.17, 15) is 0 Å². The van der Waals surface area contributed by atoms with Gasteiger partial charge in [-0.2, -0.15) is 0 Å². The highest BCUT2D eigenvalue weighted by atomic mass is 15.2. The SMILES string of the molecule is c1ccc(-n2c3ccccc3c3c4nccc5c4n(c32)-c2cc(-c3ccccn3)cc3c2B5c2ccnc4c5c6ncccc6n(-c6ccccc6)c5n-3c24)cc1. The molecular weight excluding hydrogens is 699 g/mol. The molecule has 2 aliphatic rings. The van der Waals surface area contributed by atoms with Gasteiger partial charge in [0.05, 0.1) is 49.6 Å². The minimum atomic E-state index is -0.0670. The Morgan fingerprint density at radius 2 is 0.982 bits per heavy atom. The third-order valence-corrected chi connectivity index (χ3v) is 12.3. The summed E-state index contributed by atoms with van der Waals surface area (Å²) in [6.07, 6.45) is 7.77. The van der Waals surface area contributed by atoms with Gasteiger partial charge in [0.2, 0.25) is 0 Å². The van der Waals surface area contributed by atoms with Crippen molar-refractivity contribution in [3.05, 3.63) is 164 Å². The second kappa shape index (κ2) is 10.5. The van der Waals surface area contributed by atoms with Gasteiger partial charge in [0.15, 0.2) is 0 Å². The Kier molecular flexibility index (Phi) is 5.44. The van der Waals surface area contributed by atoms with Crippen molar-refractivity contribution in [2.24, 2.45) is 0 Å². The van der Waals surface area contributed by atoms with Gasteiger partial charge in [-0.05, 0) is 95.3 Å². The fraction of sp³-hybridized carbons (Fsp3) is 0. The first kappa shape index (κ1) is 29.6. The number of para-hydroxylation sites is 3. The summed E-state index contributed by atoms with van der Waals surface area (Å²) < 4.78 is 9.76. The fourth-order valence-electron chi connectivity index (χ4n) is 10.2. The Labute approximate surface area is 324 Å². The Hall–Kier alpha value is -7.78. The zero-order valence-corrected chi connectivity index (χ0v) is 30.2. The normalized spacial score (nSPS) is 12.9. The lowest BCUT2D eigenvalue weighted by Crippen LogP contribution is -2.59. The molecule has 14 rings (SSSR count). The quantitative estimate of drug-likeness (QED) is 0.172. The third kappa shape index (κ3) is 3.56. The van der Waals surface area contributed by atoms with Crippen LogP contribution in [0.2, 0.25) is 0 Å². The standard InChI is InChI=1S/C48H27BN8/c1-3-12-29(13-4-1)54-35-18-8-7-16-31(35)39-43-45-32(20-24-52-43)49-33-21-25-53-44-40-42-36(19-11-23-51-42)55(30-14-5-2-6-15-30)48(40)57(46(33)44)38-27-28(34-17-9-10-22-50-34)26-37(41(38)49)56(45)47(39)54/h1-27H. The molecule has 0 saturated carbocycles. The van der Waals surface area contributed by atoms with Crippen LogP contribution >= 0.6 is 0 Å². The molecule has 0 amide bonds. The summed E-state index contributed by atoms with van der Waals surface area (Å²) in [5.74, 6) is 0. The minimum absolute atomic E-state index is 0.0670. The van der Waals surface area contributed by atoms with Crippen LogP contribution in [-0.2, 0) is 0 Å². The van der Waals surface area contributed by atoms with Crippen molar-refractivity contribution in [2.75, 3.05) is 0 Å². The van der Waals surface area contributed by atoms with Gasteiger partial charge in [0.25, 0.3) is 6.71 Å². The van der Waals surface area contributed by atoms with Gasteiger partial charge in [-0.25, -0.2) is 0 Å². The number of aromatic nitrogens is 8. The first-order valence-corrected chi connectivity index (χ1v) is 19.3. The molecule has 262 valence electrons. The van der Waals surface area contributed by atoms with Gasteiger partial charge in [-0.1, -0.05) is 60.7 Å². The Balaban J connectivity index is 1.24. The van der Waals surface area contributed by atoms with Crippen molar-refractivity contribution < 1.29 is 0 Å². The predicted molar refractivity (Wildman–Crippen MR) is 230 cm³/mol. The summed E-state index contributed by atoms with van der Waals surface area (Å²) in [5.41, 5.74) is 19.5. The third-order valence-electron chi connectivity index (χ3n) is 12.3. The molecule has 9 heteroatoms. The second-order valence-corrected chi connectivity index (χ2v) is 15.1. The van der Waals surface area contributed by atoms with Crippen molar-refractivity contribution in [3.8, 4) is 34.0 Å². The van der Waals surface area contributed by atoms with Gasteiger partial charge in [0, 0.05) is 58.5 Å². The van der Waals surface area contributed by atoms with Crippen molar-refractivity contribution in [1.29, 1.82) is 0 Å². The van der Waals surface area contributed by atoms with Gasteiger partial charge in [0.1, 0.15) is 16.8 Å². The number of nitrogens with zero attached hydrogens (tertiary/aromatic N) is 8. The average Bonchev–Trinajstić information content (AvgIpc) is 4.00. The average molecular weight is 727 g/mol. The Morgan fingerprint density at radius 3 is 1.67 bits per heavy atom. The van der Waals surface area contributed by atoms with Crippen LogP contribution in [0.1, 0.15) is 0 Å². The first-order valence-electron chi connectivity index (χ1n) is 19.3. The molecule has 0 radical (unpaired) electrons. The molecule has 0 bridgehead atoms. The summed E-state index contributed by atoms with van der Waals surface area (Å²) in [7, 11) is 0. The molecule has 8 aromatic heterocycles. The van der Waals surface area contributed by atoms with Crippen LogP contribution < -0.4 is 16.4 Å². The number of hydrogen-bond acceptors (Lipinski definition) is 4. The molecule has 0 N–H and O–H groups in total. The van der Waals surface area contributed by atoms with E-state index in [1.807, 2.05) is 36.9 Å². The molecule has 4 aromatic carbocycles. The monoisotopic (exact) mass is 726 g/mol. The molecule has 0 spiro atoms. The molecule has 12 aromatic rings. The number of rotatable bonds is 3. The molecule has 57 heavy (non-hydrogen) atoms. The lowest BCUT2D eigenvalue weighted by atomic mass is 9.34. The van der Waals surface area contributed by atoms with Gasteiger partial charge in [-0.3, -0.25) is 38.2 Å². The van der Waals surface area contributed by atoms with Crippen LogP contribution in [-0.4, -0.2) is 44.9 Å². The summed E-state index contributed by atoms with van der Waals surface area (Å²) in [5, 5.41) is 3.38. The number of benzene rings is 4. The zero-order chi connectivity index (χ0) is 36.9. The molecule has 0 atom stereocenters. The van der Waals surface area contributed by atoms with E-state index < -0.39 is 0 Å². The van der Waals surface area contributed by atoms with Crippen molar-refractivity contribution >= 4 is 89.2 Å². The summed E-state index contributed by atoms with van der Waals surface area (Å²) >= 11 is 0. The van der Waals surface area contributed by atoms with E-state index in [0.717, 1.165) is 94.7 Å². The van der Waals surface area contributed by atoms with Crippen LogP contribution in [0.4, 0.5) is 0 Å². The van der Waals surface area contributed by atoms with Gasteiger partial charge in [-0.15, -0.1) is 0 Å². The van der Waals surface area contributed by atoms with Crippen molar-refractivity contribution in [1.82, 2.24) is 38.2 Å². The van der Waals surface area contributed by atoms with E-state index in [2.05, 4.69) is 146 Å². The topological polar surface area (TPSA) is 71.3 Å². The highest BCUT2D eigenvalue weighted by molar-refractivity contribution is 7.00. The Bertz CT molecular complexity index is 3470. The van der Waals surface area contributed by atoms with Gasteiger partial charge < -0.3 is 0 Å². The first-order chi connectivity index (χ1) is 28.3. The summed E-state index contributed by atoms with van der Waals surface area (Å²) in [6.45, 7) is -0.0670. The molecule has 0 fully saturated rings. The minimum Gasteiger partial charge on any atom is -0.295 e. The molecule has 0 saturated heterocycles. The second-order valence-electron chi connectivity index (χ2n) is 15.1. The highest BCUT2D eigenvalue weighted by Gasteiger charge is 2.43. The number of fused-ring (bicyclic) bond motifs is 14.